The molecule has 0 atom stereocenters. The lowest BCUT2D eigenvalue weighted by Gasteiger charge is -2.30. The third-order valence-electron chi connectivity index (χ3n) is 3.15. The van der Waals surface area contributed by atoms with Crippen molar-refractivity contribution in [2.75, 3.05) is 13.1 Å². The van der Waals surface area contributed by atoms with Crippen molar-refractivity contribution in [2.45, 2.75) is 32.7 Å². The van der Waals surface area contributed by atoms with Crippen molar-refractivity contribution >= 4 is 5.91 Å². The molecule has 0 aliphatic heterocycles. The van der Waals surface area contributed by atoms with E-state index in [-0.39, 0.29) is 17.7 Å². The van der Waals surface area contributed by atoms with Gasteiger partial charge in [0.1, 0.15) is 5.75 Å². The quantitative estimate of drug-likeness (QED) is 0.811. The third-order valence-corrected chi connectivity index (χ3v) is 3.15. The van der Waals surface area contributed by atoms with Crippen LogP contribution in [0.25, 0.3) is 0 Å². The van der Waals surface area contributed by atoms with Crippen LogP contribution < -0.4 is 5.73 Å². The Balaban J connectivity index is 2.99. The predicted octanol–water partition coefficient (Wildman–Crippen LogP) is 1.98. The van der Waals surface area contributed by atoms with Crippen molar-refractivity contribution in [3.8, 4) is 5.75 Å². The Morgan fingerprint density at radius 2 is 1.94 bits per heavy atom. The summed E-state index contributed by atoms with van der Waals surface area (Å²) < 4.78 is 0. The fraction of sp³-hybridized carbons (Fsp3) is 0.500. The van der Waals surface area contributed by atoms with Gasteiger partial charge in [-0.15, -0.1) is 0 Å². The van der Waals surface area contributed by atoms with Gasteiger partial charge in [0.2, 0.25) is 0 Å². The van der Waals surface area contributed by atoms with Crippen LogP contribution in [0.5, 0.6) is 5.75 Å². The molecule has 0 saturated heterocycles. The van der Waals surface area contributed by atoms with Crippen LogP contribution in [0.2, 0.25) is 0 Å². The fourth-order valence-electron chi connectivity index (χ4n) is 2.13. The van der Waals surface area contributed by atoms with Gasteiger partial charge in [0.15, 0.2) is 0 Å². The second-order valence-electron chi connectivity index (χ2n) is 4.27. The van der Waals surface area contributed by atoms with E-state index >= 15 is 0 Å². The van der Waals surface area contributed by atoms with Crippen molar-refractivity contribution in [3.63, 3.8) is 0 Å². The third kappa shape index (κ3) is 3.23. The molecule has 0 unspecified atom stereocenters. The maximum Gasteiger partial charge on any atom is 0.257 e. The van der Waals surface area contributed by atoms with Crippen LogP contribution in [0.4, 0.5) is 0 Å². The summed E-state index contributed by atoms with van der Waals surface area (Å²) in [6, 6.07) is 6.79. The Labute approximate surface area is 108 Å². The number of phenols is 1. The molecular weight excluding hydrogens is 228 g/mol. The Bertz CT molecular complexity index is 389. The van der Waals surface area contributed by atoms with E-state index in [1.54, 1.807) is 23.1 Å². The number of benzene rings is 1. The van der Waals surface area contributed by atoms with E-state index in [1.165, 1.54) is 6.07 Å². The number of rotatable bonds is 6. The topological polar surface area (TPSA) is 66.6 Å². The van der Waals surface area contributed by atoms with Gasteiger partial charge in [-0.1, -0.05) is 26.0 Å². The number of hydrogen-bond donors (Lipinski definition) is 2. The molecule has 1 aromatic rings. The molecule has 0 aliphatic rings. The molecule has 0 bridgehead atoms. The summed E-state index contributed by atoms with van der Waals surface area (Å²) in [7, 11) is 0. The van der Waals surface area contributed by atoms with Gasteiger partial charge in [-0.2, -0.15) is 0 Å². The molecule has 0 spiro atoms. The lowest BCUT2D eigenvalue weighted by molar-refractivity contribution is 0.0671. The van der Waals surface area contributed by atoms with Crippen LogP contribution in [-0.2, 0) is 0 Å². The minimum atomic E-state index is -0.146. The second kappa shape index (κ2) is 7.01. The van der Waals surface area contributed by atoms with E-state index in [0.717, 1.165) is 12.8 Å². The lowest BCUT2D eigenvalue weighted by atomic mass is 10.1. The van der Waals surface area contributed by atoms with Crippen LogP contribution >= 0.6 is 0 Å². The Kier molecular flexibility index (Phi) is 5.65. The first kappa shape index (κ1) is 14.5. The van der Waals surface area contributed by atoms with E-state index in [0.29, 0.717) is 18.7 Å². The number of nitrogens with two attached hydrogens (primary N) is 1. The monoisotopic (exact) mass is 250 g/mol. The largest absolute Gasteiger partial charge is 0.507 e. The zero-order valence-corrected chi connectivity index (χ0v) is 11.1. The summed E-state index contributed by atoms with van der Waals surface area (Å²) in [4.78, 5) is 14.2. The molecule has 0 aromatic heterocycles. The van der Waals surface area contributed by atoms with Gasteiger partial charge < -0.3 is 15.7 Å². The fourth-order valence-corrected chi connectivity index (χ4v) is 2.13. The van der Waals surface area contributed by atoms with Crippen molar-refractivity contribution in [3.05, 3.63) is 29.8 Å². The number of phenolic OH excluding ortho intramolecular Hbond substituents is 1. The van der Waals surface area contributed by atoms with Crippen LogP contribution in [0.15, 0.2) is 24.3 Å². The minimum Gasteiger partial charge on any atom is -0.507 e. The zero-order valence-electron chi connectivity index (χ0n) is 11.1. The minimum absolute atomic E-state index is 0.0236. The molecular formula is C14H22N2O2. The first-order valence-corrected chi connectivity index (χ1v) is 6.44. The van der Waals surface area contributed by atoms with E-state index in [2.05, 4.69) is 13.8 Å². The highest BCUT2D eigenvalue weighted by molar-refractivity contribution is 5.97. The molecule has 0 radical (unpaired) electrons. The zero-order chi connectivity index (χ0) is 13.5. The van der Waals surface area contributed by atoms with E-state index in [9.17, 15) is 9.90 Å². The predicted molar refractivity (Wildman–Crippen MR) is 72.6 cm³/mol. The SMILES string of the molecule is CCC(CC)N(CCN)C(=O)c1ccccc1O. The highest BCUT2D eigenvalue weighted by Gasteiger charge is 2.23. The summed E-state index contributed by atoms with van der Waals surface area (Å²) >= 11 is 0. The number of carbonyl (C=O) groups excluding carboxylic acids is 1. The van der Waals surface area contributed by atoms with Crippen LogP contribution in [0.1, 0.15) is 37.0 Å². The van der Waals surface area contributed by atoms with Crippen LogP contribution in [0, 0.1) is 0 Å². The van der Waals surface area contributed by atoms with E-state index < -0.39 is 0 Å². The Hall–Kier alpha value is -1.55. The Morgan fingerprint density at radius 3 is 2.44 bits per heavy atom. The maximum absolute atomic E-state index is 12.4. The van der Waals surface area contributed by atoms with Gasteiger partial charge >= 0.3 is 0 Å². The summed E-state index contributed by atoms with van der Waals surface area (Å²) in [6.07, 6.45) is 1.77. The number of para-hydroxylation sites is 1. The Morgan fingerprint density at radius 1 is 1.33 bits per heavy atom. The standard InChI is InChI=1S/C14H22N2O2/c1-3-11(4-2)16(10-9-15)14(18)12-7-5-6-8-13(12)17/h5-8,11,17H,3-4,9-10,15H2,1-2H3. The van der Waals surface area contributed by atoms with Gasteiger partial charge in [0, 0.05) is 19.1 Å². The van der Waals surface area contributed by atoms with Gasteiger partial charge in [-0.05, 0) is 25.0 Å². The van der Waals surface area contributed by atoms with Gasteiger partial charge in [-0.3, -0.25) is 4.79 Å². The molecule has 3 N–H and O–H groups in total. The lowest BCUT2D eigenvalue weighted by Crippen LogP contribution is -2.42. The highest BCUT2D eigenvalue weighted by atomic mass is 16.3. The number of amides is 1. The van der Waals surface area contributed by atoms with Crippen molar-refractivity contribution in [1.29, 1.82) is 0 Å². The van der Waals surface area contributed by atoms with Gasteiger partial charge in [0.25, 0.3) is 5.91 Å². The van der Waals surface area contributed by atoms with E-state index in [4.69, 9.17) is 5.73 Å². The smallest absolute Gasteiger partial charge is 0.257 e. The molecule has 0 heterocycles. The summed E-state index contributed by atoms with van der Waals surface area (Å²) in [6.45, 7) is 5.04. The second-order valence-corrected chi connectivity index (χ2v) is 4.27. The van der Waals surface area contributed by atoms with Crippen molar-refractivity contribution in [1.82, 2.24) is 4.90 Å². The number of hydrogen-bond acceptors (Lipinski definition) is 3. The molecule has 0 aliphatic carbocycles. The molecule has 0 fully saturated rings. The summed E-state index contributed by atoms with van der Waals surface area (Å²) in [5.74, 6) is -0.122. The normalized spacial score (nSPS) is 10.7. The summed E-state index contributed by atoms with van der Waals surface area (Å²) in [5.41, 5.74) is 5.92. The maximum atomic E-state index is 12.4. The molecule has 1 aromatic carbocycles. The molecule has 1 rings (SSSR count). The number of aromatic hydroxyl groups is 1. The molecule has 100 valence electrons. The highest BCUT2D eigenvalue weighted by Crippen LogP contribution is 2.20. The van der Waals surface area contributed by atoms with Crippen LogP contribution in [-0.4, -0.2) is 35.0 Å². The van der Waals surface area contributed by atoms with Gasteiger partial charge in [0.05, 0.1) is 5.56 Å². The summed E-state index contributed by atoms with van der Waals surface area (Å²) in [5, 5.41) is 9.75. The molecule has 4 nitrogen and oxygen atoms in total. The molecule has 18 heavy (non-hydrogen) atoms. The van der Waals surface area contributed by atoms with Crippen LogP contribution in [0.3, 0.4) is 0 Å². The van der Waals surface area contributed by atoms with E-state index in [1.807, 2.05) is 0 Å². The molecule has 0 saturated carbocycles. The van der Waals surface area contributed by atoms with Gasteiger partial charge in [-0.25, -0.2) is 0 Å². The number of nitrogens with zero attached hydrogens (tertiary/aromatic N) is 1. The van der Waals surface area contributed by atoms with Crippen molar-refractivity contribution in [2.24, 2.45) is 5.73 Å². The molecule has 4 heteroatoms. The average Bonchev–Trinajstić information content (AvgIpc) is 2.39. The molecule has 1 amide bonds. The first-order valence-electron chi connectivity index (χ1n) is 6.44. The van der Waals surface area contributed by atoms with Crippen molar-refractivity contribution < 1.29 is 9.90 Å². The first-order chi connectivity index (χ1) is 8.65. The number of carbonyl (C=O) groups is 1. The average molecular weight is 250 g/mol.